The van der Waals surface area contributed by atoms with Crippen LogP contribution in [0.4, 0.5) is 0 Å². The van der Waals surface area contributed by atoms with Gasteiger partial charge in [0.2, 0.25) is 0 Å². The van der Waals surface area contributed by atoms with Crippen molar-refractivity contribution < 1.29 is 29.6 Å². The molecule has 1 aromatic rings. The van der Waals surface area contributed by atoms with E-state index in [2.05, 4.69) is 0 Å². The van der Waals surface area contributed by atoms with Crippen LogP contribution in [0.2, 0.25) is 0 Å². The molecule has 0 saturated carbocycles. The Morgan fingerprint density at radius 1 is 1.27 bits per heavy atom. The normalized spacial score (nSPS) is 24.5. The Morgan fingerprint density at radius 3 is 2.73 bits per heavy atom. The predicted octanol–water partition coefficient (Wildman–Crippen LogP) is 1.89. The summed E-state index contributed by atoms with van der Waals surface area (Å²) in [5, 5.41) is 29.6. The lowest BCUT2D eigenvalue weighted by Gasteiger charge is -2.30. The van der Waals surface area contributed by atoms with Crippen LogP contribution < -0.4 is 4.74 Å². The molecule has 1 unspecified atom stereocenters. The van der Waals surface area contributed by atoms with E-state index >= 15 is 0 Å². The van der Waals surface area contributed by atoms with E-state index in [-0.39, 0.29) is 41.5 Å². The van der Waals surface area contributed by atoms with Gasteiger partial charge in [0, 0.05) is 12.8 Å². The summed E-state index contributed by atoms with van der Waals surface area (Å²) in [5.41, 5.74) is 0.775. The summed E-state index contributed by atoms with van der Waals surface area (Å²) in [7, 11) is 1.45. The van der Waals surface area contributed by atoms with Crippen molar-refractivity contribution in [1.29, 1.82) is 0 Å². The van der Waals surface area contributed by atoms with Gasteiger partial charge in [-0.15, -0.1) is 0 Å². The van der Waals surface area contributed by atoms with Crippen molar-refractivity contribution >= 4 is 5.78 Å². The number of aromatic hydroxyl groups is 1. The van der Waals surface area contributed by atoms with Crippen molar-refractivity contribution in [3.05, 3.63) is 46.9 Å². The number of carbonyl (C=O) groups excluding carboxylic acids is 1. The monoisotopic (exact) mass is 304 g/mol. The molecule has 2 aliphatic rings. The Balaban J connectivity index is 1.95. The lowest BCUT2D eigenvalue weighted by molar-refractivity contribution is -0.118. The lowest BCUT2D eigenvalue weighted by atomic mass is 9.90. The molecule has 22 heavy (non-hydrogen) atoms. The molecule has 0 bridgehead atoms. The molecular weight excluding hydrogens is 288 g/mol. The highest BCUT2D eigenvalue weighted by Gasteiger charge is 2.35. The first-order valence-electron chi connectivity index (χ1n) is 6.88. The van der Waals surface area contributed by atoms with Gasteiger partial charge >= 0.3 is 0 Å². The molecule has 0 radical (unpaired) electrons. The predicted molar refractivity (Wildman–Crippen MR) is 76.5 cm³/mol. The number of methoxy groups -OCH3 is 1. The first kappa shape index (κ1) is 14.5. The minimum absolute atomic E-state index is 0.0356. The molecule has 0 fully saturated rings. The molecule has 0 spiro atoms. The summed E-state index contributed by atoms with van der Waals surface area (Å²) in [6.07, 6.45) is 0.0233. The second kappa shape index (κ2) is 5.38. The largest absolute Gasteiger partial charge is 0.511 e. The fourth-order valence-electron chi connectivity index (χ4n) is 2.71. The average molecular weight is 304 g/mol. The van der Waals surface area contributed by atoms with Gasteiger partial charge in [-0.3, -0.25) is 4.79 Å². The fraction of sp³-hybridized carbons (Fsp3) is 0.312. The third kappa shape index (κ3) is 2.42. The number of benzene rings is 1. The molecular formula is C16H16O6. The van der Waals surface area contributed by atoms with Crippen LogP contribution in [-0.2, 0) is 9.53 Å². The van der Waals surface area contributed by atoms with Gasteiger partial charge in [0.1, 0.15) is 17.6 Å². The number of hydrogen-bond acceptors (Lipinski definition) is 6. The maximum absolute atomic E-state index is 11.9. The number of aliphatic hydroxyl groups excluding tert-OH is 2. The zero-order chi connectivity index (χ0) is 15.9. The van der Waals surface area contributed by atoms with E-state index < -0.39 is 12.2 Å². The van der Waals surface area contributed by atoms with Crippen LogP contribution in [0.25, 0.3) is 0 Å². The summed E-state index contributed by atoms with van der Waals surface area (Å²) in [6, 6.07) is 4.80. The quantitative estimate of drug-likeness (QED) is 0.772. The third-order valence-corrected chi connectivity index (χ3v) is 3.77. The number of Topliss-reactive ketones (excluding diaryl/α,β-unsaturated/α-hetero) is 1. The molecule has 0 saturated heterocycles. The highest BCUT2D eigenvalue weighted by atomic mass is 16.5. The minimum atomic E-state index is -0.915. The van der Waals surface area contributed by atoms with Crippen LogP contribution in [0.1, 0.15) is 24.5 Å². The van der Waals surface area contributed by atoms with Crippen LogP contribution in [0.3, 0.4) is 0 Å². The van der Waals surface area contributed by atoms with Crippen molar-refractivity contribution in [3.8, 4) is 11.5 Å². The highest BCUT2D eigenvalue weighted by molar-refractivity contribution is 6.01. The van der Waals surface area contributed by atoms with E-state index in [9.17, 15) is 20.1 Å². The number of ketones is 1. The maximum atomic E-state index is 11.9. The topological polar surface area (TPSA) is 96.2 Å². The molecule has 6 nitrogen and oxygen atoms in total. The number of phenolic OH excluding ortho intramolecular Hbond substituents is 1. The number of ether oxygens (including phenoxy) is 2. The second-order valence-electron chi connectivity index (χ2n) is 5.29. The molecule has 1 aliphatic heterocycles. The summed E-state index contributed by atoms with van der Waals surface area (Å²) in [6.45, 7) is 0. The number of allylic oxidation sites excluding steroid dienone is 1. The minimum Gasteiger partial charge on any atom is -0.511 e. The van der Waals surface area contributed by atoms with Crippen molar-refractivity contribution in [2.45, 2.75) is 25.0 Å². The SMILES string of the molecule is COc1ccc([C@@H]2CC(O)=C3C(=O)CC(O)C=C3O2)cc1O. The zero-order valence-electron chi connectivity index (χ0n) is 11.9. The third-order valence-electron chi connectivity index (χ3n) is 3.77. The smallest absolute Gasteiger partial charge is 0.172 e. The van der Waals surface area contributed by atoms with Crippen molar-refractivity contribution in [2.75, 3.05) is 7.11 Å². The molecule has 116 valence electrons. The summed E-state index contributed by atoms with van der Waals surface area (Å²) >= 11 is 0. The Bertz CT molecular complexity index is 688. The molecule has 0 amide bonds. The summed E-state index contributed by atoms with van der Waals surface area (Å²) in [5.74, 6) is 0.0927. The van der Waals surface area contributed by atoms with E-state index in [1.54, 1.807) is 12.1 Å². The van der Waals surface area contributed by atoms with Crippen LogP contribution in [0.15, 0.2) is 41.4 Å². The van der Waals surface area contributed by atoms with E-state index in [1.807, 2.05) is 0 Å². The molecule has 2 atom stereocenters. The van der Waals surface area contributed by atoms with Gasteiger partial charge in [0.15, 0.2) is 17.3 Å². The molecule has 6 heteroatoms. The van der Waals surface area contributed by atoms with Gasteiger partial charge in [-0.05, 0) is 23.8 Å². The van der Waals surface area contributed by atoms with E-state index in [0.29, 0.717) is 11.3 Å². The number of fused-ring (bicyclic) bond motifs is 1. The van der Waals surface area contributed by atoms with Crippen molar-refractivity contribution in [2.24, 2.45) is 0 Å². The van der Waals surface area contributed by atoms with Crippen molar-refractivity contribution in [3.63, 3.8) is 0 Å². The van der Waals surface area contributed by atoms with Gasteiger partial charge < -0.3 is 24.8 Å². The average Bonchev–Trinajstić information content (AvgIpc) is 2.45. The molecule has 0 aromatic heterocycles. The summed E-state index contributed by atoms with van der Waals surface area (Å²) in [4.78, 5) is 11.9. The molecule has 3 rings (SSSR count). The molecule has 1 heterocycles. The lowest BCUT2D eigenvalue weighted by Crippen LogP contribution is -2.27. The Morgan fingerprint density at radius 2 is 2.05 bits per heavy atom. The first-order chi connectivity index (χ1) is 10.5. The maximum Gasteiger partial charge on any atom is 0.172 e. The van der Waals surface area contributed by atoms with Crippen molar-refractivity contribution in [1.82, 2.24) is 0 Å². The summed E-state index contributed by atoms with van der Waals surface area (Å²) < 4.78 is 10.7. The second-order valence-corrected chi connectivity index (χ2v) is 5.29. The highest BCUT2D eigenvalue weighted by Crippen LogP contribution is 2.40. The Kier molecular flexibility index (Phi) is 3.54. The van der Waals surface area contributed by atoms with Gasteiger partial charge in [0.05, 0.1) is 18.8 Å². The number of hydrogen-bond donors (Lipinski definition) is 3. The van der Waals surface area contributed by atoms with Gasteiger partial charge in [-0.25, -0.2) is 0 Å². The Hall–Kier alpha value is -2.47. The standard InChI is InChI=1S/C16H16O6/c1-21-13-3-2-8(4-10(13)18)14-7-12(20)16-11(19)5-9(17)6-15(16)22-14/h2-4,6,9,14,17-18,20H,5,7H2,1H3/t9?,14-/m0/s1. The van der Waals surface area contributed by atoms with E-state index in [1.165, 1.54) is 19.3 Å². The number of aliphatic hydroxyl groups is 2. The van der Waals surface area contributed by atoms with Crippen LogP contribution >= 0.6 is 0 Å². The first-order valence-corrected chi connectivity index (χ1v) is 6.88. The van der Waals surface area contributed by atoms with E-state index in [4.69, 9.17) is 9.47 Å². The van der Waals surface area contributed by atoms with Gasteiger partial charge in [-0.2, -0.15) is 0 Å². The van der Waals surface area contributed by atoms with E-state index in [0.717, 1.165) is 0 Å². The number of rotatable bonds is 2. The van der Waals surface area contributed by atoms with Gasteiger partial charge in [-0.1, -0.05) is 6.07 Å². The number of carbonyl (C=O) groups is 1. The van der Waals surface area contributed by atoms with Gasteiger partial charge in [0.25, 0.3) is 0 Å². The molecule has 3 N–H and O–H groups in total. The van der Waals surface area contributed by atoms with Crippen LogP contribution in [0, 0.1) is 0 Å². The fourth-order valence-corrected chi connectivity index (χ4v) is 2.71. The molecule has 1 aromatic carbocycles. The zero-order valence-corrected chi connectivity index (χ0v) is 11.9. The van der Waals surface area contributed by atoms with Crippen LogP contribution in [-0.4, -0.2) is 34.3 Å². The Labute approximate surface area is 126 Å². The number of phenols is 1. The molecule has 1 aliphatic carbocycles. The van der Waals surface area contributed by atoms with Crippen LogP contribution in [0.5, 0.6) is 11.5 Å².